The number of nitrogens with zero attached hydrogens (tertiary/aromatic N) is 1. The molecule has 1 aliphatic rings. The van der Waals surface area contributed by atoms with E-state index in [4.69, 9.17) is 14.2 Å². The van der Waals surface area contributed by atoms with Crippen LogP contribution in [0.4, 0.5) is 0 Å². The fourth-order valence-electron chi connectivity index (χ4n) is 5.16. The topological polar surface area (TPSA) is 30.9 Å². The second kappa shape index (κ2) is 11.5. The molecule has 0 saturated carbocycles. The van der Waals surface area contributed by atoms with Crippen molar-refractivity contribution >= 4 is 10.8 Å². The van der Waals surface area contributed by atoms with Crippen LogP contribution in [0.1, 0.15) is 25.7 Å². The van der Waals surface area contributed by atoms with Crippen LogP contribution in [0.3, 0.4) is 0 Å². The third kappa shape index (κ3) is 5.50. The lowest BCUT2D eigenvalue weighted by Crippen LogP contribution is -2.31. The van der Waals surface area contributed by atoms with E-state index in [0.717, 1.165) is 53.3 Å². The molecule has 186 valence electrons. The molecule has 1 heterocycles. The third-order valence-electron chi connectivity index (χ3n) is 7.09. The Balaban J connectivity index is 1.45. The zero-order valence-corrected chi connectivity index (χ0v) is 21.3. The van der Waals surface area contributed by atoms with Crippen molar-refractivity contribution in [1.82, 2.24) is 4.90 Å². The quantitative estimate of drug-likeness (QED) is 0.232. The van der Waals surface area contributed by atoms with E-state index in [1.165, 1.54) is 48.9 Å². The van der Waals surface area contributed by atoms with E-state index in [2.05, 4.69) is 65.6 Å². The lowest BCUT2D eigenvalue weighted by Gasteiger charge is -2.26. The van der Waals surface area contributed by atoms with Crippen LogP contribution in [0.25, 0.3) is 33.0 Å². The molecule has 1 saturated heterocycles. The summed E-state index contributed by atoms with van der Waals surface area (Å²) in [5, 5.41) is 2.33. The number of hydrogen-bond acceptors (Lipinski definition) is 4. The van der Waals surface area contributed by atoms with Crippen LogP contribution in [0, 0.1) is 0 Å². The van der Waals surface area contributed by atoms with Gasteiger partial charge in [0.05, 0.1) is 20.8 Å². The summed E-state index contributed by atoms with van der Waals surface area (Å²) in [6.45, 7) is 4.31. The molecule has 0 aromatic heterocycles. The van der Waals surface area contributed by atoms with Crippen molar-refractivity contribution in [3.05, 3.63) is 78.9 Å². The molecular formula is C32H35NO3. The predicted octanol–water partition coefficient (Wildman–Crippen LogP) is 7.45. The van der Waals surface area contributed by atoms with E-state index in [0.29, 0.717) is 0 Å². The maximum absolute atomic E-state index is 6.22. The van der Waals surface area contributed by atoms with Crippen molar-refractivity contribution in [2.45, 2.75) is 25.7 Å². The van der Waals surface area contributed by atoms with Crippen molar-refractivity contribution in [1.29, 1.82) is 0 Å². The number of piperidine rings is 1. The van der Waals surface area contributed by atoms with Gasteiger partial charge in [-0.3, -0.25) is 0 Å². The van der Waals surface area contributed by atoms with Gasteiger partial charge >= 0.3 is 0 Å². The summed E-state index contributed by atoms with van der Waals surface area (Å²) >= 11 is 0. The normalized spacial score (nSPS) is 14.1. The van der Waals surface area contributed by atoms with E-state index in [1.54, 1.807) is 14.2 Å². The van der Waals surface area contributed by atoms with Gasteiger partial charge in [-0.25, -0.2) is 0 Å². The summed E-state index contributed by atoms with van der Waals surface area (Å²) in [5.74, 6) is 2.62. The minimum Gasteiger partial charge on any atom is -0.497 e. The smallest absolute Gasteiger partial charge is 0.119 e. The summed E-state index contributed by atoms with van der Waals surface area (Å²) in [5.41, 5.74) is 4.66. The largest absolute Gasteiger partial charge is 0.497 e. The van der Waals surface area contributed by atoms with Gasteiger partial charge in [-0.2, -0.15) is 0 Å². The van der Waals surface area contributed by atoms with Crippen LogP contribution >= 0.6 is 0 Å². The first-order valence-corrected chi connectivity index (χ1v) is 13.0. The Morgan fingerprint density at radius 2 is 1.47 bits per heavy atom. The fraction of sp³-hybridized carbons (Fsp3) is 0.312. The molecule has 0 bridgehead atoms. The summed E-state index contributed by atoms with van der Waals surface area (Å²) in [4.78, 5) is 2.56. The third-order valence-corrected chi connectivity index (χ3v) is 7.09. The first-order chi connectivity index (χ1) is 17.7. The molecule has 36 heavy (non-hydrogen) atoms. The molecule has 0 spiro atoms. The van der Waals surface area contributed by atoms with Gasteiger partial charge in [0.2, 0.25) is 0 Å². The Morgan fingerprint density at radius 3 is 2.25 bits per heavy atom. The number of likely N-dealkylation sites (tertiary alicyclic amines) is 1. The summed E-state index contributed by atoms with van der Waals surface area (Å²) in [7, 11) is 3.40. The summed E-state index contributed by atoms with van der Waals surface area (Å²) < 4.78 is 17.1. The second-order valence-corrected chi connectivity index (χ2v) is 9.44. The minimum atomic E-state index is 0.734. The summed E-state index contributed by atoms with van der Waals surface area (Å²) in [6.07, 6.45) is 5.08. The summed E-state index contributed by atoms with van der Waals surface area (Å²) in [6, 6.07) is 27.4. The first-order valence-electron chi connectivity index (χ1n) is 13.0. The van der Waals surface area contributed by atoms with Gasteiger partial charge in [0.15, 0.2) is 0 Å². The number of fused-ring (bicyclic) bond motifs is 1. The predicted molar refractivity (Wildman–Crippen MR) is 148 cm³/mol. The highest BCUT2D eigenvalue weighted by molar-refractivity contribution is 6.04. The van der Waals surface area contributed by atoms with Gasteiger partial charge in [0, 0.05) is 6.54 Å². The van der Waals surface area contributed by atoms with Crippen LogP contribution in [-0.4, -0.2) is 45.4 Å². The molecule has 4 heteroatoms. The van der Waals surface area contributed by atoms with Crippen molar-refractivity contribution in [3.8, 4) is 39.5 Å². The Labute approximate surface area is 214 Å². The number of methoxy groups -OCH3 is 2. The van der Waals surface area contributed by atoms with Crippen LogP contribution in [0.5, 0.6) is 17.2 Å². The van der Waals surface area contributed by atoms with Gasteiger partial charge in [-0.15, -0.1) is 0 Å². The zero-order chi connectivity index (χ0) is 24.7. The van der Waals surface area contributed by atoms with E-state index in [9.17, 15) is 0 Å². The van der Waals surface area contributed by atoms with E-state index < -0.39 is 0 Å². The molecule has 0 radical (unpaired) electrons. The zero-order valence-electron chi connectivity index (χ0n) is 21.3. The molecule has 0 amide bonds. The number of hydrogen-bond donors (Lipinski definition) is 0. The monoisotopic (exact) mass is 481 g/mol. The molecule has 0 unspecified atom stereocenters. The average molecular weight is 482 g/mol. The molecular weight excluding hydrogens is 446 g/mol. The average Bonchev–Trinajstić information content (AvgIpc) is 2.95. The van der Waals surface area contributed by atoms with Gasteiger partial charge in [0.1, 0.15) is 17.2 Å². The lowest BCUT2D eigenvalue weighted by atomic mass is 9.89. The minimum absolute atomic E-state index is 0.734. The van der Waals surface area contributed by atoms with Crippen LogP contribution in [0.2, 0.25) is 0 Å². The molecule has 0 aliphatic carbocycles. The van der Waals surface area contributed by atoms with Crippen LogP contribution < -0.4 is 14.2 Å². The number of rotatable bonds is 9. The van der Waals surface area contributed by atoms with Crippen LogP contribution in [0.15, 0.2) is 78.9 Å². The van der Waals surface area contributed by atoms with Gasteiger partial charge in [0.25, 0.3) is 0 Å². The first kappa shape index (κ1) is 24.2. The fourth-order valence-corrected chi connectivity index (χ4v) is 5.16. The molecule has 0 atom stereocenters. The molecule has 4 aromatic carbocycles. The molecule has 1 fully saturated rings. The number of ether oxygens (including phenoxy) is 3. The van der Waals surface area contributed by atoms with Gasteiger partial charge < -0.3 is 19.1 Å². The highest BCUT2D eigenvalue weighted by atomic mass is 16.5. The standard InChI is InChI=1S/C32H35NO3/c1-34-27-13-10-24(11-14-27)30-16-12-25-22-28(35-2)15-17-31(25)32(30)26-8-6-9-29(23-26)36-21-7-20-33-18-4-3-5-19-33/h6,8-17,22-23H,3-5,7,18-21H2,1-2H3. The second-order valence-electron chi connectivity index (χ2n) is 9.44. The van der Waals surface area contributed by atoms with E-state index in [-0.39, 0.29) is 0 Å². The Kier molecular flexibility index (Phi) is 7.73. The molecule has 0 N–H and O–H groups in total. The van der Waals surface area contributed by atoms with Crippen molar-refractivity contribution in [3.63, 3.8) is 0 Å². The molecule has 1 aliphatic heterocycles. The Bertz CT molecular complexity index is 1290. The highest BCUT2D eigenvalue weighted by Gasteiger charge is 2.14. The van der Waals surface area contributed by atoms with Crippen molar-refractivity contribution < 1.29 is 14.2 Å². The van der Waals surface area contributed by atoms with Crippen molar-refractivity contribution in [2.75, 3.05) is 40.5 Å². The lowest BCUT2D eigenvalue weighted by molar-refractivity contribution is 0.205. The SMILES string of the molecule is COc1ccc(-c2ccc3cc(OC)ccc3c2-c2cccc(OCCCN3CCCCC3)c2)cc1. The van der Waals surface area contributed by atoms with Gasteiger partial charge in [-0.1, -0.05) is 48.9 Å². The molecule has 5 rings (SSSR count). The van der Waals surface area contributed by atoms with Crippen LogP contribution in [-0.2, 0) is 0 Å². The van der Waals surface area contributed by atoms with E-state index in [1.807, 2.05) is 18.2 Å². The number of benzene rings is 4. The van der Waals surface area contributed by atoms with Gasteiger partial charge in [-0.05, 0) is 102 Å². The Hall–Kier alpha value is -3.50. The highest BCUT2D eigenvalue weighted by Crippen LogP contribution is 2.40. The maximum Gasteiger partial charge on any atom is 0.119 e. The van der Waals surface area contributed by atoms with E-state index >= 15 is 0 Å². The molecule has 4 aromatic rings. The molecule has 4 nitrogen and oxygen atoms in total. The van der Waals surface area contributed by atoms with Crippen molar-refractivity contribution in [2.24, 2.45) is 0 Å². The maximum atomic E-state index is 6.22. The Morgan fingerprint density at radius 1 is 0.694 bits per heavy atom.